The van der Waals surface area contributed by atoms with E-state index in [0.717, 1.165) is 0 Å². The molecular formula is C32H33F3N2O8S3. The zero-order valence-corrected chi connectivity index (χ0v) is 28.3. The van der Waals surface area contributed by atoms with Gasteiger partial charge in [-0.05, 0) is 97.2 Å². The number of amides is 3. The fourth-order valence-electron chi connectivity index (χ4n) is 5.78. The van der Waals surface area contributed by atoms with Crippen molar-refractivity contribution in [1.29, 1.82) is 0 Å². The van der Waals surface area contributed by atoms with E-state index in [4.69, 9.17) is 0 Å². The lowest BCUT2D eigenvalue weighted by atomic mass is 10.1. The van der Waals surface area contributed by atoms with Crippen LogP contribution in [0.4, 0.5) is 22.8 Å². The number of urea groups is 1. The van der Waals surface area contributed by atoms with Crippen LogP contribution in [0, 0.1) is 0 Å². The van der Waals surface area contributed by atoms with E-state index in [1.165, 1.54) is 53.2 Å². The first-order valence-electron chi connectivity index (χ1n) is 15.0. The molecule has 0 aromatic heterocycles. The van der Waals surface area contributed by atoms with E-state index < -0.39 is 63.4 Å². The highest BCUT2D eigenvalue weighted by Gasteiger charge is 2.49. The van der Waals surface area contributed by atoms with Crippen LogP contribution in [0.25, 0.3) is 0 Å². The molecule has 0 saturated carbocycles. The second kappa shape index (κ2) is 14.1. The van der Waals surface area contributed by atoms with E-state index in [1.54, 1.807) is 22.3 Å². The minimum absolute atomic E-state index is 0.000617. The number of imide groups is 1. The molecule has 1 heterocycles. The molecule has 1 atom stereocenters. The van der Waals surface area contributed by atoms with Gasteiger partial charge in [-0.3, -0.25) is 0 Å². The summed E-state index contributed by atoms with van der Waals surface area (Å²) in [7, 11) is -10.3. The summed E-state index contributed by atoms with van der Waals surface area (Å²) < 4.78 is 95.9. The van der Waals surface area contributed by atoms with Crippen molar-refractivity contribution in [3.8, 4) is 0 Å². The lowest BCUT2D eigenvalue weighted by Crippen LogP contribution is -2.43. The van der Waals surface area contributed by atoms with Crippen LogP contribution in [0.5, 0.6) is 0 Å². The molecule has 1 saturated heterocycles. The van der Waals surface area contributed by atoms with E-state index in [1.807, 2.05) is 0 Å². The predicted molar refractivity (Wildman–Crippen MR) is 170 cm³/mol. The largest absolute Gasteiger partial charge is 0.743 e. The topological polar surface area (TPSA) is 141 Å². The van der Waals surface area contributed by atoms with Crippen LogP contribution in [0.3, 0.4) is 0 Å². The fraction of sp³-hybridized carbons (Fsp3) is 0.375. The molecule has 0 bridgehead atoms. The SMILES string of the molecule is CS(=O)(=O)N1CCN(C(=O)OCC(F)C(F)(F)S(=O)(=O)[O-])C1=O.c1ccc([S+](c2ccc3c(c2)CCC3)c2ccc3c(c2)CCC3)cc1. The van der Waals surface area contributed by atoms with Crippen molar-refractivity contribution in [2.75, 3.05) is 26.0 Å². The molecule has 48 heavy (non-hydrogen) atoms. The first-order valence-corrected chi connectivity index (χ1v) is 19.5. The molecule has 1 aliphatic heterocycles. The van der Waals surface area contributed by atoms with Crippen LogP contribution in [0.15, 0.2) is 81.4 Å². The summed E-state index contributed by atoms with van der Waals surface area (Å²) in [5.41, 5.74) is 6.28. The van der Waals surface area contributed by atoms with Crippen LogP contribution in [-0.2, 0) is 61.5 Å². The Hall–Kier alpha value is -3.60. The fourth-order valence-corrected chi connectivity index (χ4v) is 9.14. The molecule has 6 rings (SSSR count). The lowest BCUT2D eigenvalue weighted by Gasteiger charge is -2.23. The van der Waals surface area contributed by atoms with Crippen LogP contribution in [0.2, 0.25) is 0 Å². The first-order chi connectivity index (χ1) is 22.6. The molecule has 1 fully saturated rings. The van der Waals surface area contributed by atoms with Gasteiger partial charge in [-0.15, -0.1) is 0 Å². The van der Waals surface area contributed by atoms with E-state index in [2.05, 4.69) is 71.5 Å². The Morgan fingerprint density at radius 1 is 0.854 bits per heavy atom. The van der Waals surface area contributed by atoms with Crippen molar-refractivity contribution in [2.24, 2.45) is 0 Å². The average Bonchev–Trinajstić information content (AvgIpc) is 3.79. The van der Waals surface area contributed by atoms with Crippen molar-refractivity contribution >= 4 is 43.2 Å². The van der Waals surface area contributed by atoms with E-state index in [0.29, 0.717) is 6.26 Å². The lowest BCUT2D eigenvalue weighted by molar-refractivity contribution is -0.0333. The van der Waals surface area contributed by atoms with Gasteiger partial charge in [0, 0.05) is 0 Å². The Kier molecular flexibility index (Phi) is 10.5. The van der Waals surface area contributed by atoms with Crippen LogP contribution in [-0.4, -0.2) is 80.1 Å². The second-order valence-corrected chi connectivity index (χ2v) is 16.9. The second-order valence-electron chi connectivity index (χ2n) is 11.5. The van der Waals surface area contributed by atoms with Gasteiger partial charge < -0.3 is 9.29 Å². The highest BCUT2D eigenvalue weighted by molar-refractivity contribution is 7.97. The molecule has 1 unspecified atom stereocenters. The first kappa shape index (κ1) is 35.7. The molecule has 0 radical (unpaired) electrons. The number of ether oxygens (including phenoxy) is 1. The van der Waals surface area contributed by atoms with Gasteiger partial charge in [0.1, 0.15) is 6.61 Å². The number of benzene rings is 3. The van der Waals surface area contributed by atoms with Gasteiger partial charge in [-0.1, -0.05) is 30.3 Å². The molecule has 0 N–H and O–H groups in total. The van der Waals surface area contributed by atoms with Crippen molar-refractivity contribution in [3.05, 3.63) is 89.0 Å². The number of alkyl halides is 3. The number of halogens is 3. The number of fused-ring (bicyclic) bond motifs is 2. The molecule has 3 aliphatic rings. The predicted octanol–water partition coefficient (Wildman–Crippen LogP) is 5.06. The summed E-state index contributed by atoms with van der Waals surface area (Å²) >= 11 is 0. The number of sulfonamides is 1. The zero-order chi connectivity index (χ0) is 34.9. The maximum atomic E-state index is 13.1. The number of nitrogens with zero attached hydrogens (tertiary/aromatic N) is 2. The quantitative estimate of drug-likeness (QED) is 0.232. The van der Waals surface area contributed by atoms with Crippen LogP contribution >= 0.6 is 0 Å². The number of rotatable bonds is 8. The van der Waals surface area contributed by atoms with E-state index in [-0.39, 0.29) is 20.1 Å². The van der Waals surface area contributed by atoms with E-state index >= 15 is 0 Å². The zero-order valence-electron chi connectivity index (χ0n) is 25.8. The molecule has 3 amide bonds. The summed E-state index contributed by atoms with van der Waals surface area (Å²) in [6.07, 6.45) is 3.00. The van der Waals surface area contributed by atoms with Gasteiger partial charge in [0.25, 0.3) is 0 Å². The van der Waals surface area contributed by atoms with Gasteiger partial charge >= 0.3 is 17.4 Å². The van der Waals surface area contributed by atoms with Crippen LogP contribution < -0.4 is 0 Å². The molecule has 2 aliphatic carbocycles. The van der Waals surface area contributed by atoms with Gasteiger partial charge in [0.15, 0.2) is 24.8 Å². The van der Waals surface area contributed by atoms with Crippen molar-refractivity contribution in [1.82, 2.24) is 9.21 Å². The Balaban J connectivity index is 0.000000189. The minimum Gasteiger partial charge on any atom is -0.743 e. The van der Waals surface area contributed by atoms with Gasteiger partial charge in [-0.25, -0.2) is 40.0 Å². The Bertz CT molecular complexity index is 1850. The third kappa shape index (κ3) is 7.66. The number of carbonyl (C=O) groups is 2. The molecule has 10 nitrogen and oxygen atoms in total. The third-order valence-corrected chi connectivity index (χ3v) is 12.5. The number of carbonyl (C=O) groups excluding carboxylic acids is 2. The third-order valence-electron chi connectivity index (χ3n) is 8.23. The van der Waals surface area contributed by atoms with E-state index in [9.17, 15) is 44.1 Å². The highest BCUT2D eigenvalue weighted by Crippen LogP contribution is 2.36. The van der Waals surface area contributed by atoms with Gasteiger partial charge in [-0.2, -0.15) is 8.78 Å². The summed E-state index contributed by atoms with van der Waals surface area (Å²) in [5, 5.41) is -5.33. The Labute approximate surface area is 280 Å². The van der Waals surface area contributed by atoms with Gasteiger partial charge in [0.05, 0.1) is 30.2 Å². The van der Waals surface area contributed by atoms with Gasteiger partial charge in [0.2, 0.25) is 16.2 Å². The van der Waals surface area contributed by atoms with Crippen molar-refractivity contribution in [2.45, 2.75) is 64.6 Å². The van der Waals surface area contributed by atoms with Crippen LogP contribution in [0.1, 0.15) is 35.1 Å². The standard InChI is InChI=1S/C24H23S.C8H11F3N2O8S2/c1-2-10-22(11-3-1)25(23-14-12-18-6-4-8-20(18)16-23)24-15-13-19-7-5-9-21(19)17-24;1-22(16,17)13-3-2-12(6(13)14)7(15)21-4-5(9)8(10,11)23(18,19)20/h1-3,10-17H,4-9H2;5H,2-4H2,1H3,(H,18,19,20)/q+1;/p-1. The maximum Gasteiger partial charge on any atom is 0.418 e. The normalized spacial score (nSPS) is 16.8. The monoisotopic (exact) mass is 726 g/mol. The molecular weight excluding hydrogens is 694 g/mol. The molecule has 16 heteroatoms. The number of hydrogen-bond donors (Lipinski definition) is 0. The smallest absolute Gasteiger partial charge is 0.418 e. The van der Waals surface area contributed by atoms with Crippen molar-refractivity contribution in [3.63, 3.8) is 0 Å². The number of hydrogen-bond acceptors (Lipinski definition) is 8. The average molecular weight is 727 g/mol. The maximum absolute atomic E-state index is 13.1. The highest BCUT2D eigenvalue weighted by atomic mass is 32.2. The van der Waals surface area contributed by atoms with Crippen molar-refractivity contribution < 1.29 is 48.9 Å². The minimum atomic E-state index is -6.33. The molecule has 3 aromatic rings. The summed E-state index contributed by atoms with van der Waals surface area (Å²) in [6.45, 7) is -2.72. The summed E-state index contributed by atoms with van der Waals surface area (Å²) in [4.78, 5) is 27.6. The Morgan fingerprint density at radius 2 is 1.38 bits per heavy atom. The molecule has 3 aromatic carbocycles. The number of aryl methyl sites for hydroxylation is 4. The Morgan fingerprint density at radius 3 is 1.85 bits per heavy atom. The summed E-state index contributed by atoms with van der Waals surface area (Å²) in [5.74, 6) is 0. The summed E-state index contributed by atoms with van der Waals surface area (Å²) in [6, 6.07) is 24.2. The molecule has 258 valence electrons. The molecule has 0 spiro atoms.